The first-order chi connectivity index (χ1) is 8.79. The Balaban J connectivity index is 1.95. The number of allylic oxidation sites excluding steroid dienone is 1. The monoisotopic (exact) mass is 243 g/mol. The van der Waals surface area contributed by atoms with Gasteiger partial charge in [0, 0.05) is 6.04 Å². The predicted molar refractivity (Wildman–Crippen MR) is 78.5 cm³/mol. The van der Waals surface area contributed by atoms with Crippen LogP contribution in [0.1, 0.15) is 62.6 Å². The van der Waals surface area contributed by atoms with Gasteiger partial charge in [0.2, 0.25) is 0 Å². The van der Waals surface area contributed by atoms with Crippen molar-refractivity contribution in [2.75, 3.05) is 0 Å². The second-order valence-electron chi connectivity index (χ2n) is 5.41. The minimum absolute atomic E-state index is 0.171. The van der Waals surface area contributed by atoms with Crippen molar-refractivity contribution in [1.29, 1.82) is 0 Å². The molecular formula is C17H25N. The van der Waals surface area contributed by atoms with E-state index in [4.69, 9.17) is 5.73 Å². The van der Waals surface area contributed by atoms with E-state index in [1.165, 1.54) is 49.7 Å². The normalized spacial score (nSPS) is 17.3. The second kappa shape index (κ2) is 6.75. The molecule has 1 unspecified atom stereocenters. The molecule has 0 radical (unpaired) electrons. The third kappa shape index (κ3) is 3.71. The molecule has 18 heavy (non-hydrogen) atoms. The van der Waals surface area contributed by atoms with Crippen LogP contribution >= 0.6 is 0 Å². The highest BCUT2D eigenvalue weighted by molar-refractivity contribution is 5.26. The molecule has 0 amide bonds. The van der Waals surface area contributed by atoms with Gasteiger partial charge in [0.05, 0.1) is 0 Å². The molecule has 0 fully saturated rings. The largest absolute Gasteiger partial charge is 0.324 e. The summed E-state index contributed by atoms with van der Waals surface area (Å²) < 4.78 is 0. The van der Waals surface area contributed by atoms with Crippen LogP contribution < -0.4 is 5.73 Å². The van der Waals surface area contributed by atoms with Gasteiger partial charge in [-0.05, 0) is 49.7 Å². The summed E-state index contributed by atoms with van der Waals surface area (Å²) in [5.41, 5.74) is 10.6. The van der Waals surface area contributed by atoms with E-state index in [0.717, 1.165) is 6.42 Å². The Kier molecular flexibility index (Phi) is 5.00. The summed E-state index contributed by atoms with van der Waals surface area (Å²) in [5, 5.41) is 0. The van der Waals surface area contributed by atoms with E-state index in [1.54, 1.807) is 5.57 Å². The zero-order valence-corrected chi connectivity index (χ0v) is 11.5. The van der Waals surface area contributed by atoms with Crippen molar-refractivity contribution in [3.05, 3.63) is 47.0 Å². The Morgan fingerprint density at radius 3 is 2.56 bits per heavy atom. The summed E-state index contributed by atoms with van der Waals surface area (Å²) in [6.45, 7) is 2.22. The molecule has 1 atom stereocenters. The molecule has 1 aliphatic rings. The van der Waals surface area contributed by atoms with E-state index in [0.29, 0.717) is 0 Å². The quantitative estimate of drug-likeness (QED) is 0.755. The van der Waals surface area contributed by atoms with Crippen LogP contribution in [0.4, 0.5) is 0 Å². The van der Waals surface area contributed by atoms with Gasteiger partial charge in [0.1, 0.15) is 0 Å². The summed E-state index contributed by atoms with van der Waals surface area (Å²) in [5.74, 6) is 0. The number of aryl methyl sites for hydroxylation is 1. The molecule has 1 aromatic rings. The van der Waals surface area contributed by atoms with Gasteiger partial charge in [-0.15, -0.1) is 0 Å². The summed E-state index contributed by atoms with van der Waals surface area (Å²) in [6, 6.07) is 9.05. The van der Waals surface area contributed by atoms with Crippen molar-refractivity contribution >= 4 is 0 Å². The standard InChI is InChI=1S/C17H25N/c1-2-6-14-9-11-16(12-10-14)17(18)13-15-7-4-3-5-8-15/h7,9-12,17H,2-6,8,13,18H2,1H3. The molecule has 2 N–H and O–H groups in total. The first-order valence-corrected chi connectivity index (χ1v) is 7.32. The fourth-order valence-electron chi connectivity index (χ4n) is 2.71. The van der Waals surface area contributed by atoms with Gasteiger partial charge in [0.25, 0.3) is 0 Å². The lowest BCUT2D eigenvalue weighted by Gasteiger charge is -2.18. The van der Waals surface area contributed by atoms with Crippen LogP contribution in [-0.4, -0.2) is 0 Å². The third-order valence-electron chi connectivity index (χ3n) is 3.81. The number of hydrogen-bond acceptors (Lipinski definition) is 1. The Hall–Kier alpha value is -1.08. The highest BCUT2D eigenvalue weighted by atomic mass is 14.6. The maximum absolute atomic E-state index is 6.31. The molecule has 1 nitrogen and oxygen atoms in total. The van der Waals surface area contributed by atoms with Crippen LogP contribution in [0.25, 0.3) is 0 Å². The lowest BCUT2D eigenvalue weighted by atomic mass is 9.91. The number of hydrogen-bond donors (Lipinski definition) is 1. The zero-order valence-electron chi connectivity index (χ0n) is 11.5. The van der Waals surface area contributed by atoms with Gasteiger partial charge < -0.3 is 5.73 Å². The molecule has 0 heterocycles. The second-order valence-corrected chi connectivity index (χ2v) is 5.41. The zero-order chi connectivity index (χ0) is 12.8. The Bertz CT molecular complexity index is 389. The smallest absolute Gasteiger partial charge is 0.0332 e. The Labute approximate surface area is 111 Å². The third-order valence-corrected chi connectivity index (χ3v) is 3.81. The average molecular weight is 243 g/mol. The fourth-order valence-corrected chi connectivity index (χ4v) is 2.71. The van der Waals surface area contributed by atoms with E-state index in [9.17, 15) is 0 Å². The van der Waals surface area contributed by atoms with Gasteiger partial charge in [-0.1, -0.05) is 49.3 Å². The molecule has 2 rings (SSSR count). The molecule has 1 aliphatic carbocycles. The molecular weight excluding hydrogens is 218 g/mol. The molecule has 0 saturated heterocycles. The lowest BCUT2D eigenvalue weighted by Crippen LogP contribution is -2.12. The van der Waals surface area contributed by atoms with Gasteiger partial charge >= 0.3 is 0 Å². The van der Waals surface area contributed by atoms with E-state index < -0.39 is 0 Å². The van der Waals surface area contributed by atoms with E-state index in [2.05, 4.69) is 37.3 Å². The van der Waals surface area contributed by atoms with Crippen molar-refractivity contribution in [3.8, 4) is 0 Å². The summed E-state index contributed by atoms with van der Waals surface area (Å²) in [4.78, 5) is 0. The average Bonchev–Trinajstić information content (AvgIpc) is 2.41. The van der Waals surface area contributed by atoms with Crippen LogP contribution in [0.5, 0.6) is 0 Å². The van der Waals surface area contributed by atoms with Gasteiger partial charge in [-0.2, -0.15) is 0 Å². The van der Waals surface area contributed by atoms with Crippen LogP contribution in [0.15, 0.2) is 35.9 Å². The number of rotatable bonds is 5. The highest BCUT2D eigenvalue weighted by Crippen LogP contribution is 2.26. The van der Waals surface area contributed by atoms with Crippen molar-refractivity contribution in [1.82, 2.24) is 0 Å². The van der Waals surface area contributed by atoms with Crippen molar-refractivity contribution < 1.29 is 0 Å². The SMILES string of the molecule is CCCc1ccc(C(N)CC2=CCCCC2)cc1. The van der Waals surface area contributed by atoms with Crippen LogP contribution in [0.2, 0.25) is 0 Å². The van der Waals surface area contributed by atoms with Gasteiger partial charge in [-0.3, -0.25) is 0 Å². The minimum Gasteiger partial charge on any atom is -0.324 e. The van der Waals surface area contributed by atoms with Gasteiger partial charge in [0.15, 0.2) is 0 Å². The van der Waals surface area contributed by atoms with Gasteiger partial charge in [-0.25, -0.2) is 0 Å². The first kappa shape index (κ1) is 13.4. The lowest BCUT2D eigenvalue weighted by molar-refractivity contribution is 0.628. The van der Waals surface area contributed by atoms with Crippen molar-refractivity contribution in [2.45, 2.75) is 57.9 Å². The van der Waals surface area contributed by atoms with E-state index in [1.807, 2.05) is 0 Å². The molecule has 98 valence electrons. The minimum atomic E-state index is 0.171. The van der Waals surface area contributed by atoms with Crippen molar-refractivity contribution in [3.63, 3.8) is 0 Å². The molecule has 0 aromatic heterocycles. The molecule has 1 heteroatoms. The van der Waals surface area contributed by atoms with Crippen LogP contribution in [0, 0.1) is 0 Å². The molecule has 0 spiro atoms. The predicted octanol–water partition coefficient (Wildman–Crippen LogP) is 4.53. The van der Waals surface area contributed by atoms with Crippen LogP contribution in [0.3, 0.4) is 0 Å². The summed E-state index contributed by atoms with van der Waals surface area (Å²) in [7, 11) is 0. The fraction of sp³-hybridized carbons (Fsp3) is 0.529. The number of benzene rings is 1. The maximum Gasteiger partial charge on any atom is 0.0332 e. The highest BCUT2D eigenvalue weighted by Gasteiger charge is 2.10. The summed E-state index contributed by atoms with van der Waals surface area (Å²) >= 11 is 0. The van der Waals surface area contributed by atoms with Crippen molar-refractivity contribution in [2.24, 2.45) is 5.73 Å². The van der Waals surface area contributed by atoms with E-state index in [-0.39, 0.29) is 6.04 Å². The molecule has 0 aliphatic heterocycles. The van der Waals surface area contributed by atoms with Crippen LogP contribution in [-0.2, 0) is 6.42 Å². The molecule has 1 aromatic carbocycles. The topological polar surface area (TPSA) is 26.0 Å². The summed E-state index contributed by atoms with van der Waals surface area (Å²) in [6.07, 6.45) is 11.0. The maximum atomic E-state index is 6.31. The Morgan fingerprint density at radius 2 is 1.94 bits per heavy atom. The number of nitrogens with two attached hydrogens (primary N) is 1. The molecule has 0 bridgehead atoms. The van der Waals surface area contributed by atoms with E-state index >= 15 is 0 Å². The Morgan fingerprint density at radius 1 is 1.17 bits per heavy atom. The molecule has 0 saturated carbocycles. The first-order valence-electron chi connectivity index (χ1n) is 7.32.